The van der Waals surface area contributed by atoms with Crippen LogP contribution >= 0.6 is 23.1 Å². The Morgan fingerprint density at radius 2 is 1.88 bits per heavy atom. The summed E-state index contributed by atoms with van der Waals surface area (Å²) in [5.74, 6) is 1.35. The average molecular weight is 376 g/mol. The molecule has 0 aliphatic heterocycles. The monoisotopic (exact) mass is 375 g/mol. The molecule has 0 spiro atoms. The van der Waals surface area contributed by atoms with Crippen LogP contribution in [0.15, 0.2) is 42.5 Å². The van der Waals surface area contributed by atoms with Gasteiger partial charge in [0.05, 0.1) is 24.8 Å². The summed E-state index contributed by atoms with van der Waals surface area (Å²) in [6.07, 6.45) is 0. The van der Waals surface area contributed by atoms with Gasteiger partial charge in [0.1, 0.15) is 0 Å². The molecule has 3 aromatic rings. The topological polar surface area (TPSA) is 73.3 Å². The van der Waals surface area contributed by atoms with Crippen LogP contribution in [0.4, 0.5) is 5.13 Å². The van der Waals surface area contributed by atoms with Gasteiger partial charge >= 0.3 is 0 Å². The summed E-state index contributed by atoms with van der Waals surface area (Å²) in [6, 6.07) is 12.2. The number of methoxy groups -OCH3 is 2. The Morgan fingerprint density at radius 3 is 2.60 bits per heavy atom. The minimum Gasteiger partial charge on any atom is -0.493 e. The standard InChI is InChI=1S/C17H14ClN3O3S/c1-23-13-8-7-10(9-14(13)24-2)15-19-17(25-21-15)20-16(22)11-5-3-4-6-12(11)18/h3-9H,1-2H3,(H,19,20,21,22). The van der Waals surface area contributed by atoms with Crippen LogP contribution in [0, 0.1) is 0 Å². The Balaban J connectivity index is 1.81. The van der Waals surface area contributed by atoms with Crippen molar-refractivity contribution >= 4 is 34.2 Å². The van der Waals surface area contributed by atoms with Crippen molar-refractivity contribution < 1.29 is 14.3 Å². The van der Waals surface area contributed by atoms with Crippen LogP contribution in [-0.2, 0) is 0 Å². The van der Waals surface area contributed by atoms with E-state index in [1.807, 2.05) is 6.07 Å². The van der Waals surface area contributed by atoms with Gasteiger partial charge in [-0.05, 0) is 30.3 Å². The molecular weight excluding hydrogens is 362 g/mol. The molecule has 0 saturated carbocycles. The van der Waals surface area contributed by atoms with Gasteiger partial charge in [0, 0.05) is 17.1 Å². The summed E-state index contributed by atoms with van der Waals surface area (Å²) in [7, 11) is 3.13. The molecule has 0 bridgehead atoms. The zero-order valence-electron chi connectivity index (χ0n) is 13.4. The Bertz CT molecular complexity index is 914. The Kier molecular flexibility index (Phi) is 5.16. The van der Waals surface area contributed by atoms with Crippen LogP contribution in [0.5, 0.6) is 11.5 Å². The third-order valence-electron chi connectivity index (χ3n) is 3.41. The van der Waals surface area contributed by atoms with Gasteiger partial charge in [-0.25, -0.2) is 0 Å². The van der Waals surface area contributed by atoms with E-state index >= 15 is 0 Å². The first kappa shape index (κ1) is 17.2. The van der Waals surface area contributed by atoms with Crippen molar-refractivity contribution in [1.29, 1.82) is 0 Å². The molecule has 0 atom stereocenters. The van der Waals surface area contributed by atoms with Crippen molar-refractivity contribution in [3.63, 3.8) is 0 Å². The zero-order chi connectivity index (χ0) is 17.8. The highest BCUT2D eigenvalue weighted by Crippen LogP contribution is 2.32. The number of halogens is 1. The van der Waals surface area contributed by atoms with Crippen LogP contribution in [-0.4, -0.2) is 29.5 Å². The first-order valence-corrected chi connectivity index (χ1v) is 8.39. The van der Waals surface area contributed by atoms with E-state index < -0.39 is 0 Å². The first-order chi connectivity index (χ1) is 12.1. The Labute approximate surface area is 153 Å². The summed E-state index contributed by atoms with van der Waals surface area (Å²) in [5.41, 5.74) is 1.14. The molecule has 0 saturated heterocycles. The van der Waals surface area contributed by atoms with E-state index in [2.05, 4.69) is 14.7 Å². The minimum absolute atomic E-state index is 0.333. The average Bonchev–Trinajstić information content (AvgIpc) is 3.09. The maximum absolute atomic E-state index is 12.3. The number of benzene rings is 2. The van der Waals surface area contributed by atoms with E-state index in [9.17, 15) is 4.79 Å². The number of aromatic nitrogens is 2. The first-order valence-electron chi connectivity index (χ1n) is 7.24. The summed E-state index contributed by atoms with van der Waals surface area (Å²) < 4.78 is 14.8. The fourth-order valence-electron chi connectivity index (χ4n) is 2.18. The third kappa shape index (κ3) is 3.72. The SMILES string of the molecule is COc1ccc(-c2nsc(NC(=O)c3ccccc3Cl)n2)cc1OC. The van der Waals surface area contributed by atoms with Crippen LogP contribution in [0.3, 0.4) is 0 Å². The molecule has 0 unspecified atom stereocenters. The number of carbonyl (C=O) groups is 1. The van der Waals surface area contributed by atoms with E-state index in [1.165, 1.54) is 0 Å². The molecule has 0 aliphatic carbocycles. The number of nitrogens with zero attached hydrogens (tertiary/aromatic N) is 2. The molecule has 1 heterocycles. The van der Waals surface area contributed by atoms with Crippen LogP contribution in [0.25, 0.3) is 11.4 Å². The molecule has 2 aromatic carbocycles. The zero-order valence-corrected chi connectivity index (χ0v) is 15.0. The summed E-state index contributed by atoms with van der Waals surface area (Å²) in [6.45, 7) is 0. The largest absolute Gasteiger partial charge is 0.493 e. The third-order valence-corrected chi connectivity index (χ3v) is 4.37. The second-order valence-corrected chi connectivity index (χ2v) is 6.09. The lowest BCUT2D eigenvalue weighted by atomic mass is 10.2. The Hall–Kier alpha value is -2.64. The van der Waals surface area contributed by atoms with Crippen molar-refractivity contribution in [2.24, 2.45) is 0 Å². The van der Waals surface area contributed by atoms with Gasteiger partial charge in [0.15, 0.2) is 17.3 Å². The van der Waals surface area contributed by atoms with Gasteiger partial charge in [-0.15, -0.1) is 0 Å². The molecular formula is C17H14ClN3O3S. The van der Waals surface area contributed by atoms with E-state index in [-0.39, 0.29) is 5.91 Å². The normalized spacial score (nSPS) is 10.4. The van der Waals surface area contributed by atoms with E-state index in [0.29, 0.717) is 33.0 Å². The van der Waals surface area contributed by atoms with Crippen molar-refractivity contribution in [1.82, 2.24) is 9.36 Å². The van der Waals surface area contributed by atoms with Crippen LogP contribution < -0.4 is 14.8 Å². The molecule has 0 radical (unpaired) electrons. The summed E-state index contributed by atoms with van der Waals surface area (Å²) in [5, 5.41) is 3.47. The second kappa shape index (κ2) is 7.50. The van der Waals surface area contributed by atoms with Crippen molar-refractivity contribution in [3.05, 3.63) is 53.1 Å². The van der Waals surface area contributed by atoms with Gasteiger partial charge < -0.3 is 9.47 Å². The highest BCUT2D eigenvalue weighted by Gasteiger charge is 2.14. The molecule has 3 rings (SSSR count). The lowest BCUT2D eigenvalue weighted by molar-refractivity contribution is 0.102. The van der Waals surface area contributed by atoms with E-state index in [4.69, 9.17) is 21.1 Å². The lowest BCUT2D eigenvalue weighted by Crippen LogP contribution is -2.12. The van der Waals surface area contributed by atoms with E-state index in [1.54, 1.807) is 50.6 Å². The van der Waals surface area contributed by atoms with Gasteiger partial charge in [0.25, 0.3) is 5.91 Å². The molecule has 25 heavy (non-hydrogen) atoms. The van der Waals surface area contributed by atoms with Gasteiger partial charge in [0.2, 0.25) is 5.13 Å². The minimum atomic E-state index is -0.333. The summed E-state index contributed by atoms with van der Waals surface area (Å²) >= 11 is 7.12. The fraction of sp³-hybridized carbons (Fsp3) is 0.118. The number of hydrogen-bond acceptors (Lipinski definition) is 6. The van der Waals surface area contributed by atoms with Crippen LogP contribution in [0.1, 0.15) is 10.4 Å². The number of rotatable bonds is 5. The number of anilines is 1. The highest BCUT2D eigenvalue weighted by atomic mass is 35.5. The molecule has 1 amide bonds. The fourth-order valence-corrected chi connectivity index (χ4v) is 2.98. The predicted molar refractivity (Wildman–Crippen MR) is 97.9 cm³/mol. The molecule has 0 aliphatic rings. The number of ether oxygens (including phenoxy) is 2. The van der Waals surface area contributed by atoms with Gasteiger partial charge in [-0.1, -0.05) is 23.7 Å². The molecule has 6 nitrogen and oxygen atoms in total. The Morgan fingerprint density at radius 1 is 1.12 bits per heavy atom. The quantitative estimate of drug-likeness (QED) is 0.725. The molecule has 1 aromatic heterocycles. The van der Waals surface area contributed by atoms with E-state index in [0.717, 1.165) is 17.1 Å². The molecule has 0 fully saturated rings. The number of hydrogen-bond donors (Lipinski definition) is 1. The smallest absolute Gasteiger partial charge is 0.258 e. The number of carbonyl (C=O) groups excluding carboxylic acids is 1. The number of nitrogens with one attached hydrogen (secondary N) is 1. The maximum atomic E-state index is 12.3. The van der Waals surface area contributed by atoms with Crippen molar-refractivity contribution in [2.75, 3.05) is 19.5 Å². The lowest BCUT2D eigenvalue weighted by Gasteiger charge is -2.07. The summed E-state index contributed by atoms with van der Waals surface area (Å²) in [4.78, 5) is 16.6. The highest BCUT2D eigenvalue weighted by molar-refractivity contribution is 7.10. The van der Waals surface area contributed by atoms with Crippen LogP contribution in [0.2, 0.25) is 5.02 Å². The van der Waals surface area contributed by atoms with Gasteiger partial charge in [-0.3, -0.25) is 10.1 Å². The molecule has 8 heteroatoms. The van der Waals surface area contributed by atoms with Crippen molar-refractivity contribution in [2.45, 2.75) is 0 Å². The molecule has 128 valence electrons. The molecule has 1 N–H and O–H groups in total. The predicted octanol–water partition coefficient (Wildman–Crippen LogP) is 4.13. The van der Waals surface area contributed by atoms with Gasteiger partial charge in [-0.2, -0.15) is 9.36 Å². The second-order valence-electron chi connectivity index (χ2n) is 4.93. The maximum Gasteiger partial charge on any atom is 0.258 e. The van der Waals surface area contributed by atoms with Crippen molar-refractivity contribution in [3.8, 4) is 22.9 Å². The number of amides is 1.